The van der Waals surface area contributed by atoms with Crippen LogP contribution in [0.2, 0.25) is 0 Å². The Balaban J connectivity index is 1.78. The largest absolute Gasteiger partial charge is 0.458 e. The third kappa shape index (κ3) is 7.85. The molecule has 3 fully saturated rings. The van der Waals surface area contributed by atoms with Crippen molar-refractivity contribution in [3.05, 3.63) is 12.2 Å². The molecule has 0 amide bonds. The van der Waals surface area contributed by atoms with Gasteiger partial charge in [-0.3, -0.25) is 4.79 Å². The van der Waals surface area contributed by atoms with Gasteiger partial charge >= 0.3 is 5.97 Å². The van der Waals surface area contributed by atoms with E-state index < -0.39 is 6.10 Å². The molecule has 3 saturated heterocycles. The fourth-order valence-corrected chi connectivity index (χ4v) is 5.09. The Bertz CT molecular complexity index is 591. The lowest BCUT2D eigenvalue weighted by Gasteiger charge is -2.39. The number of carbonyl (C=O) groups is 1. The number of allylic oxidation sites excluding steroid dienone is 1. The van der Waals surface area contributed by atoms with Crippen LogP contribution in [0.4, 0.5) is 0 Å². The number of esters is 1. The van der Waals surface area contributed by atoms with Crippen LogP contribution in [0.15, 0.2) is 12.2 Å². The summed E-state index contributed by atoms with van der Waals surface area (Å²) in [5, 5.41) is 10.4. The zero-order valence-corrected chi connectivity index (χ0v) is 19.7. The minimum Gasteiger partial charge on any atom is -0.458 e. The highest BCUT2D eigenvalue weighted by atomic mass is 16.6. The van der Waals surface area contributed by atoms with Crippen molar-refractivity contribution in [2.45, 2.75) is 121 Å². The van der Waals surface area contributed by atoms with Crippen LogP contribution in [0.5, 0.6) is 0 Å². The molecule has 0 aromatic rings. The molecule has 0 aliphatic carbocycles. The number of ether oxygens (including phenoxy) is 4. The van der Waals surface area contributed by atoms with E-state index >= 15 is 0 Å². The Hall–Kier alpha value is -0.950. The molecule has 1 N–H and O–H groups in total. The van der Waals surface area contributed by atoms with E-state index in [1.807, 2.05) is 6.08 Å². The van der Waals surface area contributed by atoms with Crippen molar-refractivity contribution in [3.63, 3.8) is 0 Å². The van der Waals surface area contributed by atoms with E-state index in [1.165, 1.54) is 0 Å². The van der Waals surface area contributed by atoms with Gasteiger partial charge in [0.2, 0.25) is 0 Å². The third-order valence-electron chi connectivity index (χ3n) is 6.89. The van der Waals surface area contributed by atoms with Gasteiger partial charge in [0, 0.05) is 26.4 Å². The Labute approximate surface area is 187 Å². The van der Waals surface area contributed by atoms with Crippen molar-refractivity contribution in [2.24, 2.45) is 11.8 Å². The molecule has 0 radical (unpaired) electrons. The number of aliphatic hydroxyl groups excluding tert-OH is 1. The maximum atomic E-state index is 12.7. The minimum absolute atomic E-state index is 0.0128. The van der Waals surface area contributed by atoms with E-state index in [-0.39, 0.29) is 49.0 Å². The summed E-state index contributed by atoms with van der Waals surface area (Å²) < 4.78 is 24.3. The van der Waals surface area contributed by atoms with E-state index in [0.717, 1.165) is 25.7 Å². The highest BCUT2D eigenvalue weighted by Gasteiger charge is 2.36. The molecular weight excluding hydrogens is 396 g/mol. The average Bonchev–Trinajstić information content (AvgIpc) is 2.68. The summed E-state index contributed by atoms with van der Waals surface area (Å²) in [6, 6.07) is 0. The molecule has 3 aliphatic rings. The number of fused-ring (bicyclic) bond motifs is 4. The zero-order valence-electron chi connectivity index (χ0n) is 19.7. The van der Waals surface area contributed by atoms with Gasteiger partial charge in [-0.2, -0.15) is 0 Å². The van der Waals surface area contributed by atoms with Crippen molar-refractivity contribution in [1.29, 1.82) is 0 Å². The summed E-state index contributed by atoms with van der Waals surface area (Å²) in [5.41, 5.74) is 0. The zero-order chi connectivity index (χ0) is 22.4. The van der Waals surface area contributed by atoms with Gasteiger partial charge < -0.3 is 24.1 Å². The molecule has 0 saturated carbocycles. The van der Waals surface area contributed by atoms with Crippen LogP contribution in [-0.4, -0.2) is 60.9 Å². The fraction of sp³-hybridized carbons (Fsp3) is 0.880. The maximum absolute atomic E-state index is 12.7. The summed E-state index contributed by atoms with van der Waals surface area (Å²) in [6.07, 6.45) is 9.64. The molecule has 6 nitrogen and oxygen atoms in total. The number of cyclic esters (lactones) is 1. The van der Waals surface area contributed by atoms with Gasteiger partial charge in [0.1, 0.15) is 6.10 Å². The molecule has 31 heavy (non-hydrogen) atoms. The highest BCUT2D eigenvalue weighted by molar-refractivity contribution is 5.70. The highest BCUT2D eigenvalue weighted by Crippen LogP contribution is 2.33. The minimum atomic E-state index is -0.460. The molecule has 0 spiro atoms. The second-order valence-corrected chi connectivity index (χ2v) is 10.2. The number of hydrogen-bond donors (Lipinski definition) is 1. The second kappa shape index (κ2) is 11.8. The number of methoxy groups -OCH3 is 1. The van der Waals surface area contributed by atoms with Crippen LogP contribution in [0, 0.1) is 11.8 Å². The van der Waals surface area contributed by atoms with Crippen LogP contribution in [0.25, 0.3) is 0 Å². The van der Waals surface area contributed by atoms with E-state index in [2.05, 4.69) is 26.8 Å². The van der Waals surface area contributed by atoms with Crippen LogP contribution in [0.3, 0.4) is 0 Å². The van der Waals surface area contributed by atoms with Crippen LogP contribution in [-0.2, 0) is 23.7 Å². The SMILES string of the molecule is CO[C@@H]1C[C@@H]2C[C@H](O)C[C@H](CC(=O)O[C@@H](/C=C/CC(C)C)C[C@@H]3CC[C@H](C)[C@@H](C1)O3)O2. The van der Waals surface area contributed by atoms with Crippen LogP contribution < -0.4 is 0 Å². The molecule has 0 unspecified atom stereocenters. The van der Waals surface area contributed by atoms with E-state index in [9.17, 15) is 9.90 Å². The van der Waals surface area contributed by atoms with Gasteiger partial charge in [-0.05, 0) is 50.0 Å². The van der Waals surface area contributed by atoms with Crippen molar-refractivity contribution in [2.75, 3.05) is 7.11 Å². The smallest absolute Gasteiger partial charge is 0.309 e. The first-order chi connectivity index (χ1) is 14.8. The predicted octanol–water partition coefficient (Wildman–Crippen LogP) is 4.18. The lowest BCUT2D eigenvalue weighted by atomic mass is 9.87. The van der Waals surface area contributed by atoms with Gasteiger partial charge in [0.25, 0.3) is 0 Å². The van der Waals surface area contributed by atoms with Crippen molar-refractivity contribution in [1.82, 2.24) is 0 Å². The van der Waals surface area contributed by atoms with Crippen molar-refractivity contribution < 1.29 is 28.8 Å². The number of aliphatic hydroxyl groups is 1. The Kier molecular flexibility index (Phi) is 9.38. The van der Waals surface area contributed by atoms with Crippen molar-refractivity contribution >= 4 is 5.97 Å². The molecule has 6 heteroatoms. The Morgan fingerprint density at radius 1 is 1.06 bits per heavy atom. The first-order valence-electron chi connectivity index (χ1n) is 12.2. The number of rotatable bonds is 4. The molecule has 3 heterocycles. The van der Waals surface area contributed by atoms with Crippen molar-refractivity contribution in [3.8, 4) is 0 Å². The fourth-order valence-electron chi connectivity index (χ4n) is 5.09. The molecule has 178 valence electrons. The van der Waals surface area contributed by atoms with Gasteiger partial charge in [-0.25, -0.2) is 0 Å². The molecule has 8 atom stereocenters. The van der Waals surface area contributed by atoms with Gasteiger partial charge in [0.15, 0.2) is 0 Å². The van der Waals surface area contributed by atoms with Crippen LogP contribution >= 0.6 is 0 Å². The lowest BCUT2D eigenvalue weighted by Crippen LogP contribution is -2.42. The standard InChI is InChI=1S/C25H42O6/c1-16(2)6-5-7-19-12-20-9-8-17(3)24(30-20)14-21(28-4)13-22-10-18(26)11-23(29-22)15-25(27)31-19/h5,7,16-24,26H,6,8-15H2,1-4H3/b7-5+/t17-,18-,19-,20-,21+,22-,23+,24+/m0/s1. The second-order valence-electron chi connectivity index (χ2n) is 10.2. The predicted molar refractivity (Wildman–Crippen MR) is 119 cm³/mol. The topological polar surface area (TPSA) is 74.2 Å². The Morgan fingerprint density at radius 3 is 2.58 bits per heavy atom. The van der Waals surface area contributed by atoms with E-state index in [1.54, 1.807) is 7.11 Å². The molecule has 4 bridgehead atoms. The molecule has 0 aromatic heterocycles. The first-order valence-corrected chi connectivity index (χ1v) is 12.2. The lowest BCUT2D eigenvalue weighted by molar-refractivity contribution is -0.165. The summed E-state index contributed by atoms with van der Waals surface area (Å²) in [5.74, 6) is 0.754. The molecule has 0 aromatic carbocycles. The maximum Gasteiger partial charge on any atom is 0.309 e. The van der Waals surface area contributed by atoms with Crippen LogP contribution in [0.1, 0.15) is 78.6 Å². The Morgan fingerprint density at radius 2 is 1.84 bits per heavy atom. The summed E-state index contributed by atoms with van der Waals surface area (Å²) in [7, 11) is 1.74. The third-order valence-corrected chi connectivity index (χ3v) is 6.89. The molecule has 3 aliphatic heterocycles. The number of hydrogen-bond acceptors (Lipinski definition) is 6. The molecule has 3 rings (SSSR count). The summed E-state index contributed by atoms with van der Waals surface area (Å²) in [4.78, 5) is 12.7. The summed E-state index contributed by atoms with van der Waals surface area (Å²) in [6.45, 7) is 6.59. The molecular formula is C25H42O6. The summed E-state index contributed by atoms with van der Waals surface area (Å²) >= 11 is 0. The average molecular weight is 439 g/mol. The van der Waals surface area contributed by atoms with E-state index in [4.69, 9.17) is 18.9 Å². The normalized spacial score (nSPS) is 40.5. The first kappa shape index (κ1) is 24.7. The van der Waals surface area contributed by atoms with E-state index in [0.29, 0.717) is 37.5 Å². The van der Waals surface area contributed by atoms with Gasteiger partial charge in [0.05, 0.1) is 43.0 Å². The number of carbonyl (C=O) groups excluding carboxylic acids is 1. The quantitative estimate of drug-likeness (QED) is 0.524. The van der Waals surface area contributed by atoms with Gasteiger partial charge in [-0.15, -0.1) is 0 Å². The van der Waals surface area contributed by atoms with Gasteiger partial charge in [-0.1, -0.05) is 26.8 Å². The monoisotopic (exact) mass is 438 g/mol.